The molecule has 0 unspecified atom stereocenters. The van der Waals surface area contributed by atoms with Crippen molar-refractivity contribution in [3.63, 3.8) is 0 Å². The fourth-order valence-electron chi connectivity index (χ4n) is 2.22. The number of imidazole rings is 1. The van der Waals surface area contributed by atoms with Crippen LogP contribution in [0.15, 0.2) is 24.3 Å². The molecule has 0 spiro atoms. The Kier molecular flexibility index (Phi) is 3.33. The second kappa shape index (κ2) is 5.27. The van der Waals surface area contributed by atoms with Gasteiger partial charge < -0.3 is 20.5 Å². The molecule has 1 aromatic heterocycles. The Morgan fingerprint density at radius 1 is 1.32 bits per heavy atom. The molecule has 6 nitrogen and oxygen atoms in total. The third kappa shape index (κ3) is 2.68. The van der Waals surface area contributed by atoms with Gasteiger partial charge in [-0.1, -0.05) is 12.1 Å². The van der Waals surface area contributed by atoms with Crippen molar-refractivity contribution in [1.82, 2.24) is 20.2 Å². The van der Waals surface area contributed by atoms with E-state index >= 15 is 0 Å². The third-order valence-electron chi connectivity index (χ3n) is 3.27. The van der Waals surface area contributed by atoms with E-state index in [0.717, 1.165) is 37.2 Å². The van der Waals surface area contributed by atoms with Crippen molar-refractivity contribution >= 4 is 22.9 Å². The van der Waals surface area contributed by atoms with Crippen LogP contribution < -0.4 is 10.6 Å². The second-order valence-electron chi connectivity index (χ2n) is 4.59. The number of aromatic nitrogens is 2. The lowest BCUT2D eigenvalue weighted by molar-refractivity contribution is -0.129. The summed E-state index contributed by atoms with van der Waals surface area (Å²) in [6.45, 7) is 3.58. The first-order valence-corrected chi connectivity index (χ1v) is 6.50. The number of carbonyl (C=O) groups is 1. The van der Waals surface area contributed by atoms with Crippen LogP contribution >= 0.6 is 0 Å². The highest BCUT2D eigenvalue weighted by atomic mass is 16.2. The zero-order valence-corrected chi connectivity index (χ0v) is 10.6. The molecule has 1 amide bonds. The van der Waals surface area contributed by atoms with E-state index in [9.17, 15) is 4.79 Å². The monoisotopic (exact) mass is 259 g/mol. The summed E-state index contributed by atoms with van der Waals surface area (Å²) in [7, 11) is 0. The fraction of sp³-hybridized carbons (Fsp3) is 0.385. The van der Waals surface area contributed by atoms with Crippen molar-refractivity contribution in [2.75, 3.05) is 38.0 Å². The summed E-state index contributed by atoms with van der Waals surface area (Å²) in [6.07, 6.45) is 0. The minimum absolute atomic E-state index is 0.113. The first kappa shape index (κ1) is 12.0. The number of hydrogen-bond acceptors (Lipinski definition) is 4. The molecule has 3 rings (SSSR count). The molecule has 6 heteroatoms. The summed E-state index contributed by atoms with van der Waals surface area (Å²) in [5.41, 5.74) is 1.87. The van der Waals surface area contributed by atoms with Gasteiger partial charge in [-0.2, -0.15) is 0 Å². The maximum atomic E-state index is 12.0. The SMILES string of the molecule is O=C(CNc1nc2ccccc2[nH]1)N1CCNCC1. The third-order valence-corrected chi connectivity index (χ3v) is 3.27. The van der Waals surface area contributed by atoms with Gasteiger partial charge in [0, 0.05) is 26.2 Å². The highest BCUT2D eigenvalue weighted by Gasteiger charge is 2.15. The highest BCUT2D eigenvalue weighted by Crippen LogP contribution is 2.12. The van der Waals surface area contributed by atoms with Gasteiger partial charge >= 0.3 is 0 Å². The molecule has 100 valence electrons. The van der Waals surface area contributed by atoms with E-state index in [4.69, 9.17) is 0 Å². The average molecular weight is 259 g/mol. The predicted molar refractivity (Wildman–Crippen MR) is 74.0 cm³/mol. The highest BCUT2D eigenvalue weighted by molar-refractivity contribution is 5.82. The van der Waals surface area contributed by atoms with E-state index in [-0.39, 0.29) is 12.5 Å². The quantitative estimate of drug-likeness (QED) is 0.746. The molecule has 0 atom stereocenters. The van der Waals surface area contributed by atoms with Crippen molar-refractivity contribution in [2.45, 2.75) is 0 Å². The normalized spacial score (nSPS) is 15.7. The molecule has 2 aromatic rings. The number of anilines is 1. The number of nitrogens with zero attached hydrogens (tertiary/aromatic N) is 2. The number of nitrogens with one attached hydrogen (secondary N) is 3. The number of para-hydroxylation sites is 2. The summed E-state index contributed by atoms with van der Waals surface area (Å²) in [5.74, 6) is 0.756. The number of hydrogen-bond donors (Lipinski definition) is 3. The van der Waals surface area contributed by atoms with E-state index in [1.807, 2.05) is 29.2 Å². The van der Waals surface area contributed by atoms with Gasteiger partial charge in [0.2, 0.25) is 11.9 Å². The van der Waals surface area contributed by atoms with Crippen LogP contribution in [0.1, 0.15) is 0 Å². The Labute approximate surface area is 111 Å². The summed E-state index contributed by atoms with van der Waals surface area (Å²) >= 11 is 0. The van der Waals surface area contributed by atoms with E-state index in [0.29, 0.717) is 5.95 Å². The van der Waals surface area contributed by atoms with E-state index in [1.165, 1.54) is 0 Å². The molecule has 0 saturated carbocycles. The Bertz CT molecular complexity index is 540. The van der Waals surface area contributed by atoms with Crippen molar-refractivity contribution in [2.24, 2.45) is 0 Å². The van der Waals surface area contributed by atoms with Gasteiger partial charge in [0.15, 0.2) is 0 Å². The van der Waals surface area contributed by atoms with Crippen molar-refractivity contribution in [3.8, 4) is 0 Å². The number of aromatic amines is 1. The minimum Gasteiger partial charge on any atom is -0.347 e. The van der Waals surface area contributed by atoms with E-state index in [1.54, 1.807) is 0 Å². The van der Waals surface area contributed by atoms with Gasteiger partial charge in [0.1, 0.15) is 0 Å². The molecule has 1 fully saturated rings. The standard InChI is InChI=1S/C13H17N5O/c19-12(18-7-5-14-6-8-18)9-15-13-16-10-3-1-2-4-11(10)17-13/h1-4,14H,5-9H2,(H2,15,16,17). The molecule has 0 bridgehead atoms. The lowest BCUT2D eigenvalue weighted by Gasteiger charge is -2.27. The number of fused-ring (bicyclic) bond motifs is 1. The molecule has 2 heterocycles. The van der Waals surface area contributed by atoms with Gasteiger partial charge in [-0.05, 0) is 12.1 Å². The number of benzene rings is 1. The van der Waals surface area contributed by atoms with Crippen LogP contribution in [0.3, 0.4) is 0 Å². The molecule has 19 heavy (non-hydrogen) atoms. The van der Waals surface area contributed by atoms with Crippen LogP contribution in [0, 0.1) is 0 Å². The first-order valence-electron chi connectivity index (χ1n) is 6.50. The molecule has 1 aliphatic rings. The van der Waals surface area contributed by atoms with Gasteiger partial charge in [-0.15, -0.1) is 0 Å². The van der Waals surface area contributed by atoms with E-state index < -0.39 is 0 Å². The van der Waals surface area contributed by atoms with Crippen LogP contribution in [0.5, 0.6) is 0 Å². The number of rotatable bonds is 3. The largest absolute Gasteiger partial charge is 0.347 e. The molecule has 1 aliphatic heterocycles. The van der Waals surface area contributed by atoms with Crippen LogP contribution in [-0.2, 0) is 4.79 Å². The smallest absolute Gasteiger partial charge is 0.242 e. The molecular weight excluding hydrogens is 242 g/mol. The molecule has 1 aromatic carbocycles. The molecule has 3 N–H and O–H groups in total. The van der Waals surface area contributed by atoms with Gasteiger partial charge in [-0.3, -0.25) is 4.79 Å². The van der Waals surface area contributed by atoms with Gasteiger partial charge in [-0.25, -0.2) is 4.98 Å². The lowest BCUT2D eigenvalue weighted by atomic mass is 10.3. The zero-order valence-electron chi connectivity index (χ0n) is 10.6. The van der Waals surface area contributed by atoms with Gasteiger partial charge in [0.05, 0.1) is 17.6 Å². The average Bonchev–Trinajstić information content (AvgIpc) is 2.88. The molecular formula is C13H17N5O. The van der Waals surface area contributed by atoms with Crippen LogP contribution in [0.25, 0.3) is 11.0 Å². The maximum absolute atomic E-state index is 12.0. The summed E-state index contributed by atoms with van der Waals surface area (Å²) < 4.78 is 0. The lowest BCUT2D eigenvalue weighted by Crippen LogP contribution is -2.48. The number of H-pyrrole nitrogens is 1. The number of amides is 1. The Morgan fingerprint density at radius 3 is 2.89 bits per heavy atom. The summed E-state index contributed by atoms with van der Waals surface area (Å²) in [4.78, 5) is 21.4. The Balaban J connectivity index is 1.60. The Hall–Kier alpha value is -2.08. The Morgan fingerprint density at radius 2 is 2.11 bits per heavy atom. The minimum atomic E-state index is 0.113. The van der Waals surface area contributed by atoms with Crippen molar-refractivity contribution in [3.05, 3.63) is 24.3 Å². The van der Waals surface area contributed by atoms with Crippen molar-refractivity contribution in [1.29, 1.82) is 0 Å². The summed E-state index contributed by atoms with van der Waals surface area (Å²) in [5, 5.41) is 6.28. The molecule has 0 radical (unpaired) electrons. The van der Waals surface area contributed by atoms with Crippen LogP contribution in [-0.4, -0.2) is 53.5 Å². The second-order valence-corrected chi connectivity index (χ2v) is 4.59. The van der Waals surface area contributed by atoms with Crippen LogP contribution in [0.4, 0.5) is 5.95 Å². The van der Waals surface area contributed by atoms with E-state index in [2.05, 4.69) is 20.6 Å². The molecule has 1 saturated heterocycles. The summed E-state index contributed by atoms with van der Waals surface area (Å²) in [6, 6.07) is 7.80. The van der Waals surface area contributed by atoms with Crippen LogP contribution in [0.2, 0.25) is 0 Å². The number of carbonyl (C=O) groups excluding carboxylic acids is 1. The maximum Gasteiger partial charge on any atom is 0.242 e. The topological polar surface area (TPSA) is 73.0 Å². The molecule has 0 aliphatic carbocycles. The first-order chi connectivity index (χ1) is 9.33. The zero-order chi connectivity index (χ0) is 13.1. The predicted octanol–water partition coefficient (Wildman–Crippen LogP) is 0.407. The van der Waals surface area contributed by atoms with Crippen molar-refractivity contribution < 1.29 is 4.79 Å². The number of piperazine rings is 1. The van der Waals surface area contributed by atoms with Gasteiger partial charge in [0.25, 0.3) is 0 Å². The fourth-order valence-corrected chi connectivity index (χ4v) is 2.22.